The van der Waals surface area contributed by atoms with Gasteiger partial charge in [0.1, 0.15) is 0 Å². The van der Waals surface area contributed by atoms with Crippen molar-refractivity contribution in [3.63, 3.8) is 0 Å². The van der Waals surface area contributed by atoms with E-state index in [1.165, 1.54) is 11.3 Å². The molecule has 1 heterocycles. The van der Waals surface area contributed by atoms with Gasteiger partial charge in [-0.1, -0.05) is 13.8 Å². The van der Waals surface area contributed by atoms with E-state index in [1.54, 1.807) is 7.11 Å². The van der Waals surface area contributed by atoms with Crippen molar-refractivity contribution in [2.75, 3.05) is 25.6 Å². The molecule has 0 spiro atoms. The van der Waals surface area contributed by atoms with Crippen LogP contribution in [0.15, 0.2) is 5.38 Å². The molecule has 0 bridgehead atoms. The molecule has 108 valence electrons. The maximum Gasteiger partial charge on any atom is 0.321 e. The van der Waals surface area contributed by atoms with Crippen LogP contribution in [0, 0.1) is 0 Å². The maximum atomic E-state index is 11.7. The lowest BCUT2D eigenvalue weighted by atomic mass is 10.2. The second-order valence-corrected chi connectivity index (χ2v) is 5.35. The number of urea groups is 1. The summed E-state index contributed by atoms with van der Waals surface area (Å²) >= 11 is 1.39. The van der Waals surface area contributed by atoms with Gasteiger partial charge >= 0.3 is 6.03 Å². The molecule has 1 rings (SSSR count). The molecule has 0 aliphatic heterocycles. The number of anilines is 1. The van der Waals surface area contributed by atoms with Gasteiger partial charge in [-0.2, -0.15) is 0 Å². The van der Waals surface area contributed by atoms with Crippen LogP contribution >= 0.6 is 11.3 Å². The summed E-state index contributed by atoms with van der Waals surface area (Å²) in [7, 11) is 1.58. The number of ether oxygens (including phenoxy) is 1. The van der Waals surface area contributed by atoms with Gasteiger partial charge in [-0.25, -0.2) is 9.78 Å². The fourth-order valence-corrected chi connectivity index (χ4v) is 2.26. The third-order valence-electron chi connectivity index (χ3n) is 2.56. The molecule has 6 nitrogen and oxygen atoms in total. The average Bonchev–Trinajstić information content (AvgIpc) is 2.83. The topological polar surface area (TPSA) is 83.5 Å². The van der Waals surface area contributed by atoms with Crippen LogP contribution in [0.25, 0.3) is 0 Å². The molecule has 0 saturated carbocycles. The summed E-state index contributed by atoms with van der Waals surface area (Å²) in [6.45, 7) is 4.46. The summed E-state index contributed by atoms with van der Waals surface area (Å²) in [5.74, 6) is 0.335. The number of nitrogens with zero attached hydrogens (tertiary/aromatic N) is 1. The minimum absolute atomic E-state index is 0.119. The van der Waals surface area contributed by atoms with Gasteiger partial charge < -0.3 is 15.2 Å². The number of carbonyl (C=O) groups excluding carboxylic acids is 1. The van der Waals surface area contributed by atoms with Gasteiger partial charge in [0.15, 0.2) is 5.13 Å². The molecule has 0 radical (unpaired) electrons. The Hall–Kier alpha value is -1.18. The predicted molar refractivity (Wildman–Crippen MR) is 75.7 cm³/mol. The number of rotatable bonds is 7. The summed E-state index contributed by atoms with van der Waals surface area (Å²) in [5, 5.41) is 17.0. The van der Waals surface area contributed by atoms with E-state index in [1.807, 2.05) is 19.2 Å². The molecular formula is C12H21N3O3S. The molecule has 2 amide bonds. The lowest BCUT2D eigenvalue weighted by Gasteiger charge is -2.15. The molecule has 19 heavy (non-hydrogen) atoms. The number of hydrogen-bond acceptors (Lipinski definition) is 5. The highest BCUT2D eigenvalue weighted by atomic mass is 32.1. The van der Waals surface area contributed by atoms with Crippen molar-refractivity contribution in [3.05, 3.63) is 11.1 Å². The van der Waals surface area contributed by atoms with Gasteiger partial charge in [-0.3, -0.25) is 5.32 Å². The van der Waals surface area contributed by atoms with Crippen LogP contribution in [0.4, 0.5) is 9.93 Å². The van der Waals surface area contributed by atoms with Crippen molar-refractivity contribution in [2.45, 2.75) is 32.2 Å². The molecule has 1 atom stereocenters. The van der Waals surface area contributed by atoms with E-state index in [4.69, 9.17) is 9.84 Å². The molecule has 7 heteroatoms. The van der Waals surface area contributed by atoms with Crippen LogP contribution in [-0.2, 0) is 4.74 Å². The zero-order chi connectivity index (χ0) is 14.3. The lowest BCUT2D eigenvalue weighted by molar-refractivity contribution is 0.161. The Morgan fingerprint density at radius 3 is 2.84 bits per heavy atom. The minimum Gasteiger partial charge on any atom is -0.394 e. The van der Waals surface area contributed by atoms with Gasteiger partial charge in [0, 0.05) is 19.1 Å². The van der Waals surface area contributed by atoms with E-state index in [9.17, 15) is 4.79 Å². The largest absolute Gasteiger partial charge is 0.394 e. The van der Waals surface area contributed by atoms with Crippen LogP contribution < -0.4 is 10.6 Å². The highest BCUT2D eigenvalue weighted by molar-refractivity contribution is 7.13. The van der Waals surface area contributed by atoms with Crippen molar-refractivity contribution in [1.29, 1.82) is 0 Å². The fourth-order valence-electron chi connectivity index (χ4n) is 1.40. The number of aliphatic hydroxyl groups excluding tert-OH is 1. The molecule has 0 aliphatic rings. The van der Waals surface area contributed by atoms with Crippen LogP contribution in [-0.4, -0.2) is 42.5 Å². The number of thiazole rings is 1. The number of amides is 2. The number of methoxy groups -OCH3 is 1. The molecule has 1 unspecified atom stereocenters. The Labute approximate surface area is 117 Å². The Morgan fingerprint density at radius 2 is 2.32 bits per heavy atom. The highest BCUT2D eigenvalue weighted by Crippen LogP contribution is 2.21. The molecule has 1 aromatic heterocycles. The van der Waals surface area contributed by atoms with E-state index in [0.29, 0.717) is 24.1 Å². The molecule has 0 aliphatic carbocycles. The van der Waals surface area contributed by atoms with Crippen LogP contribution in [0.5, 0.6) is 0 Å². The zero-order valence-electron chi connectivity index (χ0n) is 11.5. The standard InChI is InChI=1S/C12H21N3O3S/c1-8(2)10-7-19-12(14-10)15-11(17)13-9(6-16)4-5-18-3/h7-9,16H,4-6H2,1-3H3,(H2,13,14,15,17). The summed E-state index contributed by atoms with van der Waals surface area (Å²) in [6, 6.07) is -0.677. The monoisotopic (exact) mass is 287 g/mol. The number of hydrogen-bond donors (Lipinski definition) is 3. The average molecular weight is 287 g/mol. The van der Waals surface area contributed by atoms with Gasteiger partial charge in [0.2, 0.25) is 0 Å². The third kappa shape index (κ3) is 5.54. The van der Waals surface area contributed by atoms with Gasteiger partial charge in [-0.05, 0) is 12.3 Å². The number of aromatic nitrogens is 1. The van der Waals surface area contributed by atoms with Crippen molar-refractivity contribution in [3.8, 4) is 0 Å². The quantitative estimate of drug-likeness (QED) is 0.714. The van der Waals surface area contributed by atoms with E-state index < -0.39 is 0 Å². The number of aliphatic hydroxyl groups is 1. The Bertz CT molecular complexity index is 395. The fraction of sp³-hybridized carbons (Fsp3) is 0.667. The van der Waals surface area contributed by atoms with Crippen molar-refractivity contribution in [1.82, 2.24) is 10.3 Å². The molecular weight excluding hydrogens is 266 g/mol. The normalized spacial score (nSPS) is 12.5. The zero-order valence-corrected chi connectivity index (χ0v) is 12.3. The third-order valence-corrected chi connectivity index (χ3v) is 3.34. The summed E-state index contributed by atoms with van der Waals surface area (Å²) < 4.78 is 4.91. The minimum atomic E-state index is -0.361. The predicted octanol–water partition coefficient (Wildman–Crippen LogP) is 1.79. The van der Waals surface area contributed by atoms with Crippen molar-refractivity contribution >= 4 is 22.5 Å². The summed E-state index contributed by atoms with van der Waals surface area (Å²) in [5.41, 5.74) is 0.957. The maximum absolute atomic E-state index is 11.7. The first-order valence-electron chi connectivity index (χ1n) is 6.19. The molecule has 0 aromatic carbocycles. The van der Waals surface area contributed by atoms with Crippen molar-refractivity contribution < 1.29 is 14.6 Å². The second kappa shape index (κ2) is 8.08. The van der Waals surface area contributed by atoms with Gasteiger partial charge in [0.25, 0.3) is 0 Å². The van der Waals surface area contributed by atoms with E-state index >= 15 is 0 Å². The van der Waals surface area contributed by atoms with E-state index in [-0.39, 0.29) is 18.7 Å². The summed E-state index contributed by atoms with van der Waals surface area (Å²) in [4.78, 5) is 16.0. The number of carbonyl (C=O) groups is 1. The molecule has 0 saturated heterocycles. The summed E-state index contributed by atoms with van der Waals surface area (Å²) in [6.07, 6.45) is 0.565. The van der Waals surface area contributed by atoms with Crippen LogP contribution in [0.2, 0.25) is 0 Å². The van der Waals surface area contributed by atoms with Gasteiger partial charge in [-0.15, -0.1) is 11.3 Å². The first-order chi connectivity index (χ1) is 9.06. The van der Waals surface area contributed by atoms with E-state index in [2.05, 4.69) is 15.6 Å². The van der Waals surface area contributed by atoms with E-state index in [0.717, 1.165) is 5.69 Å². The van der Waals surface area contributed by atoms with Crippen molar-refractivity contribution in [2.24, 2.45) is 0 Å². The second-order valence-electron chi connectivity index (χ2n) is 4.49. The first-order valence-corrected chi connectivity index (χ1v) is 7.07. The van der Waals surface area contributed by atoms with Crippen LogP contribution in [0.3, 0.4) is 0 Å². The van der Waals surface area contributed by atoms with Gasteiger partial charge in [0.05, 0.1) is 18.3 Å². The van der Waals surface area contributed by atoms with Crippen LogP contribution in [0.1, 0.15) is 31.9 Å². The highest BCUT2D eigenvalue weighted by Gasteiger charge is 2.13. The smallest absolute Gasteiger partial charge is 0.321 e. The Balaban J connectivity index is 2.44. The lowest BCUT2D eigenvalue weighted by Crippen LogP contribution is -2.40. The Kier molecular flexibility index (Phi) is 6.75. The Morgan fingerprint density at radius 1 is 1.58 bits per heavy atom. The molecule has 1 aromatic rings. The number of nitrogens with one attached hydrogen (secondary N) is 2. The SMILES string of the molecule is COCCC(CO)NC(=O)Nc1nc(C(C)C)cs1. The first kappa shape index (κ1) is 15.9. The molecule has 0 fully saturated rings. The molecule has 3 N–H and O–H groups in total.